The van der Waals surface area contributed by atoms with Crippen LogP contribution in [0.4, 0.5) is 11.4 Å². The first-order valence-electron chi connectivity index (χ1n) is 7.42. The molecule has 2 aromatic rings. The van der Waals surface area contributed by atoms with Gasteiger partial charge in [-0.2, -0.15) is 0 Å². The average molecular weight is 406 g/mol. The van der Waals surface area contributed by atoms with E-state index in [1.807, 2.05) is 31.2 Å². The summed E-state index contributed by atoms with van der Waals surface area (Å²) in [5, 5.41) is 2.92. The normalized spacial score (nSPS) is 14.5. The molecule has 0 aliphatic carbocycles. The summed E-state index contributed by atoms with van der Waals surface area (Å²) in [6.07, 6.45) is 0.798. The van der Waals surface area contributed by atoms with Crippen molar-refractivity contribution in [1.82, 2.24) is 0 Å². The molecule has 0 fully saturated rings. The molecule has 0 spiro atoms. The van der Waals surface area contributed by atoms with Gasteiger partial charge in [0.25, 0.3) is 11.8 Å². The number of halogens is 2. The fourth-order valence-electron chi connectivity index (χ4n) is 2.52. The standard InChI is InChI=1S/C18H14BrClN2O2/c1-2-11-5-3-4-6-14(11)21-16-15(20)17(23)22(18(16)24)13-9-7-12(19)8-10-13/h3-10,21H,2H2,1H3. The number of carbonyl (C=O) groups excluding carboxylic acids is 2. The van der Waals surface area contributed by atoms with E-state index in [4.69, 9.17) is 11.6 Å². The first kappa shape index (κ1) is 16.7. The molecule has 0 unspecified atom stereocenters. The SMILES string of the molecule is CCc1ccccc1NC1=C(Cl)C(=O)N(c2ccc(Br)cc2)C1=O. The van der Waals surface area contributed by atoms with Gasteiger partial charge in [0.2, 0.25) is 0 Å². The lowest BCUT2D eigenvalue weighted by molar-refractivity contribution is -0.120. The van der Waals surface area contributed by atoms with Crippen LogP contribution in [0.25, 0.3) is 0 Å². The molecule has 0 aromatic heterocycles. The number of benzene rings is 2. The van der Waals surface area contributed by atoms with Gasteiger partial charge in [-0.05, 0) is 42.3 Å². The largest absolute Gasteiger partial charge is 0.349 e. The van der Waals surface area contributed by atoms with E-state index < -0.39 is 11.8 Å². The fraction of sp³-hybridized carbons (Fsp3) is 0.111. The third kappa shape index (κ3) is 2.97. The predicted octanol–water partition coefficient (Wildman–Crippen LogP) is 4.45. The Labute approximate surface area is 153 Å². The Hall–Kier alpha value is -2.11. The molecular weight excluding hydrogens is 392 g/mol. The van der Waals surface area contributed by atoms with Crippen molar-refractivity contribution >= 4 is 50.7 Å². The number of imide groups is 1. The molecule has 3 rings (SSSR count). The van der Waals surface area contributed by atoms with Gasteiger partial charge in [-0.15, -0.1) is 0 Å². The minimum atomic E-state index is -0.527. The predicted molar refractivity (Wildman–Crippen MR) is 99.0 cm³/mol. The molecule has 1 heterocycles. The van der Waals surface area contributed by atoms with E-state index in [1.54, 1.807) is 24.3 Å². The van der Waals surface area contributed by atoms with Gasteiger partial charge in [-0.3, -0.25) is 9.59 Å². The smallest absolute Gasteiger partial charge is 0.283 e. The van der Waals surface area contributed by atoms with Crippen molar-refractivity contribution in [3.63, 3.8) is 0 Å². The van der Waals surface area contributed by atoms with E-state index in [0.29, 0.717) is 5.69 Å². The van der Waals surface area contributed by atoms with Crippen molar-refractivity contribution in [2.45, 2.75) is 13.3 Å². The number of carbonyl (C=O) groups is 2. The fourth-order valence-corrected chi connectivity index (χ4v) is 3.00. The van der Waals surface area contributed by atoms with Gasteiger partial charge in [0.05, 0.1) is 5.69 Å². The van der Waals surface area contributed by atoms with Crippen LogP contribution in [-0.2, 0) is 16.0 Å². The van der Waals surface area contributed by atoms with E-state index in [-0.39, 0.29) is 10.7 Å². The number of nitrogens with zero attached hydrogens (tertiary/aromatic N) is 1. The van der Waals surface area contributed by atoms with Crippen LogP contribution >= 0.6 is 27.5 Å². The highest BCUT2D eigenvalue weighted by atomic mass is 79.9. The van der Waals surface area contributed by atoms with Gasteiger partial charge in [0, 0.05) is 10.2 Å². The maximum Gasteiger partial charge on any atom is 0.283 e. The Morgan fingerprint density at radius 2 is 1.71 bits per heavy atom. The van der Waals surface area contributed by atoms with Crippen molar-refractivity contribution in [3.8, 4) is 0 Å². The molecule has 0 saturated carbocycles. The molecule has 1 N–H and O–H groups in total. The molecule has 2 aromatic carbocycles. The Morgan fingerprint density at radius 3 is 2.38 bits per heavy atom. The highest BCUT2D eigenvalue weighted by Crippen LogP contribution is 2.31. The van der Waals surface area contributed by atoms with E-state index >= 15 is 0 Å². The Morgan fingerprint density at radius 1 is 1.04 bits per heavy atom. The maximum atomic E-state index is 12.7. The molecule has 0 saturated heterocycles. The monoisotopic (exact) mass is 404 g/mol. The van der Waals surface area contributed by atoms with Crippen molar-refractivity contribution < 1.29 is 9.59 Å². The van der Waals surface area contributed by atoms with Gasteiger partial charge < -0.3 is 5.32 Å². The van der Waals surface area contributed by atoms with Crippen LogP contribution in [0.15, 0.2) is 63.7 Å². The minimum Gasteiger partial charge on any atom is -0.349 e. The Balaban J connectivity index is 1.93. The Kier molecular flexibility index (Phi) is 4.73. The zero-order chi connectivity index (χ0) is 17.3. The molecule has 2 amide bonds. The van der Waals surface area contributed by atoms with Crippen molar-refractivity contribution in [2.24, 2.45) is 0 Å². The number of hydrogen-bond acceptors (Lipinski definition) is 3. The highest BCUT2D eigenvalue weighted by Gasteiger charge is 2.39. The minimum absolute atomic E-state index is 0.102. The summed E-state index contributed by atoms with van der Waals surface area (Å²) >= 11 is 9.47. The third-order valence-electron chi connectivity index (χ3n) is 3.77. The van der Waals surface area contributed by atoms with Crippen molar-refractivity contribution in [2.75, 3.05) is 10.2 Å². The summed E-state index contributed by atoms with van der Waals surface area (Å²) in [5.41, 5.74) is 2.39. The molecule has 122 valence electrons. The van der Waals surface area contributed by atoms with Crippen LogP contribution in [0, 0.1) is 0 Å². The second kappa shape index (κ2) is 6.79. The maximum absolute atomic E-state index is 12.7. The number of aryl methyl sites for hydroxylation is 1. The van der Waals surface area contributed by atoms with Gasteiger partial charge >= 0.3 is 0 Å². The quantitative estimate of drug-likeness (QED) is 0.765. The molecule has 1 aliphatic heterocycles. The van der Waals surface area contributed by atoms with Crippen LogP contribution in [0.3, 0.4) is 0 Å². The van der Waals surface area contributed by atoms with Crippen LogP contribution in [-0.4, -0.2) is 11.8 Å². The summed E-state index contributed by atoms with van der Waals surface area (Å²) in [6.45, 7) is 2.02. The van der Waals surface area contributed by atoms with E-state index in [9.17, 15) is 9.59 Å². The van der Waals surface area contributed by atoms with Crippen LogP contribution in [0.1, 0.15) is 12.5 Å². The van der Waals surface area contributed by atoms with Crippen LogP contribution < -0.4 is 10.2 Å². The molecule has 0 radical (unpaired) electrons. The van der Waals surface area contributed by atoms with Crippen molar-refractivity contribution in [3.05, 3.63) is 69.3 Å². The number of hydrogen-bond donors (Lipinski definition) is 1. The summed E-state index contributed by atoms with van der Waals surface area (Å²) < 4.78 is 0.861. The van der Waals surface area contributed by atoms with E-state index in [0.717, 1.165) is 27.0 Å². The molecular formula is C18H14BrClN2O2. The number of para-hydroxylation sites is 1. The Bertz CT molecular complexity index is 846. The first-order valence-corrected chi connectivity index (χ1v) is 8.59. The number of nitrogens with one attached hydrogen (secondary N) is 1. The van der Waals surface area contributed by atoms with Crippen LogP contribution in [0.2, 0.25) is 0 Å². The molecule has 6 heteroatoms. The van der Waals surface area contributed by atoms with E-state index in [1.165, 1.54) is 0 Å². The van der Waals surface area contributed by atoms with Crippen LogP contribution in [0.5, 0.6) is 0 Å². The summed E-state index contributed by atoms with van der Waals surface area (Å²) in [4.78, 5) is 26.2. The summed E-state index contributed by atoms with van der Waals surface area (Å²) in [5.74, 6) is -0.987. The lowest BCUT2D eigenvalue weighted by atomic mass is 10.1. The van der Waals surface area contributed by atoms with Gasteiger partial charge in [-0.25, -0.2) is 4.90 Å². The molecule has 1 aliphatic rings. The summed E-state index contributed by atoms with van der Waals surface area (Å²) in [6, 6.07) is 14.5. The second-order valence-electron chi connectivity index (χ2n) is 5.25. The molecule has 0 bridgehead atoms. The highest BCUT2D eigenvalue weighted by molar-refractivity contribution is 9.10. The third-order valence-corrected chi connectivity index (χ3v) is 4.65. The average Bonchev–Trinajstić information content (AvgIpc) is 2.80. The zero-order valence-electron chi connectivity index (χ0n) is 12.8. The topological polar surface area (TPSA) is 49.4 Å². The summed E-state index contributed by atoms with van der Waals surface area (Å²) in [7, 11) is 0. The lowest BCUT2D eigenvalue weighted by Crippen LogP contribution is -2.32. The van der Waals surface area contributed by atoms with Gasteiger partial charge in [0.1, 0.15) is 10.7 Å². The molecule has 0 atom stereocenters. The second-order valence-corrected chi connectivity index (χ2v) is 6.54. The number of amides is 2. The van der Waals surface area contributed by atoms with Gasteiger partial charge in [0.15, 0.2) is 0 Å². The molecule has 24 heavy (non-hydrogen) atoms. The number of rotatable bonds is 4. The zero-order valence-corrected chi connectivity index (χ0v) is 15.2. The first-order chi connectivity index (χ1) is 11.5. The molecule has 4 nitrogen and oxygen atoms in total. The van der Waals surface area contributed by atoms with Gasteiger partial charge in [-0.1, -0.05) is 52.7 Å². The number of anilines is 2. The lowest BCUT2D eigenvalue weighted by Gasteiger charge is -2.15. The van der Waals surface area contributed by atoms with Crippen molar-refractivity contribution in [1.29, 1.82) is 0 Å². The van der Waals surface area contributed by atoms with E-state index in [2.05, 4.69) is 21.2 Å².